The van der Waals surface area contributed by atoms with E-state index in [0.29, 0.717) is 15.4 Å². The minimum Gasteiger partial charge on any atom is -0.481 e. The molecule has 0 saturated heterocycles. The van der Waals surface area contributed by atoms with Crippen molar-refractivity contribution in [1.82, 2.24) is 9.55 Å². The van der Waals surface area contributed by atoms with E-state index in [1.807, 2.05) is 19.2 Å². The number of aliphatic carboxylic acids is 1. The summed E-state index contributed by atoms with van der Waals surface area (Å²) >= 11 is 2.50. The quantitative estimate of drug-likeness (QED) is 0.652. The van der Waals surface area contributed by atoms with Gasteiger partial charge in [0, 0.05) is 5.54 Å². The lowest BCUT2D eigenvalue weighted by molar-refractivity contribution is -0.133. The Bertz CT molecular complexity index is 719. The highest BCUT2D eigenvalue weighted by atomic mass is 32.2. The van der Waals surface area contributed by atoms with Gasteiger partial charge in [-0.15, -0.1) is 11.3 Å². The minimum atomic E-state index is -0.916. The fourth-order valence-corrected chi connectivity index (χ4v) is 4.06. The van der Waals surface area contributed by atoms with Crippen LogP contribution in [0.25, 0.3) is 10.2 Å². The number of thioether (sulfide) groups is 1. The van der Waals surface area contributed by atoms with E-state index in [1.54, 1.807) is 10.6 Å². The SMILES string of the molecule is CCCC(C)(C)n1c(SCC(=O)O)nc2sccc2c1=O. The lowest BCUT2D eigenvalue weighted by atomic mass is 9.98. The van der Waals surface area contributed by atoms with Crippen molar-refractivity contribution in [3.05, 3.63) is 21.8 Å². The molecule has 114 valence electrons. The van der Waals surface area contributed by atoms with E-state index >= 15 is 0 Å². The zero-order valence-corrected chi connectivity index (χ0v) is 13.9. The first kappa shape index (κ1) is 16.0. The number of nitrogens with zero attached hydrogens (tertiary/aromatic N) is 2. The number of hydrogen-bond acceptors (Lipinski definition) is 5. The molecule has 0 amide bonds. The molecule has 2 heterocycles. The fourth-order valence-electron chi connectivity index (χ4n) is 2.38. The predicted octanol–water partition coefficient (Wildman–Crippen LogP) is 3.17. The third-order valence-corrected chi connectivity index (χ3v) is 4.99. The van der Waals surface area contributed by atoms with Crippen molar-refractivity contribution in [1.29, 1.82) is 0 Å². The maximum Gasteiger partial charge on any atom is 0.313 e. The van der Waals surface area contributed by atoms with E-state index in [0.717, 1.165) is 24.6 Å². The third kappa shape index (κ3) is 3.29. The Morgan fingerprint density at radius 1 is 1.52 bits per heavy atom. The van der Waals surface area contributed by atoms with Crippen LogP contribution in [-0.4, -0.2) is 26.4 Å². The first-order valence-electron chi connectivity index (χ1n) is 6.72. The van der Waals surface area contributed by atoms with Gasteiger partial charge in [-0.05, 0) is 31.7 Å². The van der Waals surface area contributed by atoms with Crippen LogP contribution in [-0.2, 0) is 10.3 Å². The van der Waals surface area contributed by atoms with Crippen molar-refractivity contribution in [2.75, 3.05) is 5.75 Å². The number of fused-ring (bicyclic) bond motifs is 1. The van der Waals surface area contributed by atoms with Gasteiger partial charge >= 0.3 is 5.97 Å². The van der Waals surface area contributed by atoms with Gasteiger partial charge in [-0.1, -0.05) is 25.1 Å². The summed E-state index contributed by atoms with van der Waals surface area (Å²) in [6, 6.07) is 1.78. The Kier molecular flexibility index (Phi) is 4.73. The number of carboxylic acids is 1. The molecule has 1 N–H and O–H groups in total. The van der Waals surface area contributed by atoms with E-state index in [-0.39, 0.29) is 11.3 Å². The monoisotopic (exact) mass is 326 g/mol. The van der Waals surface area contributed by atoms with E-state index in [1.165, 1.54) is 11.3 Å². The van der Waals surface area contributed by atoms with Crippen LogP contribution < -0.4 is 5.56 Å². The summed E-state index contributed by atoms with van der Waals surface area (Å²) in [6.07, 6.45) is 1.76. The van der Waals surface area contributed by atoms with Crippen LogP contribution in [0, 0.1) is 0 Å². The van der Waals surface area contributed by atoms with Gasteiger partial charge in [-0.25, -0.2) is 4.98 Å². The summed E-state index contributed by atoms with van der Waals surface area (Å²) in [5.41, 5.74) is -0.483. The van der Waals surface area contributed by atoms with E-state index in [2.05, 4.69) is 11.9 Å². The molecule has 5 nitrogen and oxygen atoms in total. The Hall–Kier alpha value is -1.34. The summed E-state index contributed by atoms with van der Waals surface area (Å²) in [5, 5.41) is 11.8. The highest BCUT2D eigenvalue weighted by molar-refractivity contribution is 7.99. The Morgan fingerprint density at radius 2 is 2.24 bits per heavy atom. The molecule has 2 aromatic heterocycles. The second-order valence-corrected chi connectivity index (χ2v) is 7.26. The Morgan fingerprint density at radius 3 is 2.86 bits per heavy atom. The second kappa shape index (κ2) is 6.19. The summed E-state index contributed by atoms with van der Waals surface area (Å²) in [7, 11) is 0. The number of carbonyl (C=O) groups is 1. The van der Waals surface area contributed by atoms with Crippen LogP contribution in [0.5, 0.6) is 0 Å². The molecule has 0 aliphatic carbocycles. The summed E-state index contributed by atoms with van der Waals surface area (Å²) in [5.74, 6) is -1.02. The topological polar surface area (TPSA) is 72.2 Å². The van der Waals surface area contributed by atoms with E-state index < -0.39 is 11.5 Å². The van der Waals surface area contributed by atoms with Crippen molar-refractivity contribution in [2.45, 2.75) is 44.3 Å². The molecule has 0 aliphatic rings. The molecule has 0 aliphatic heterocycles. The molecular weight excluding hydrogens is 308 g/mol. The van der Waals surface area contributed by atoms with Crippen LogP contribution in [0.1, 0.15) is 33.6 Å². The van der Waals surface area contributed by atoms with Gasteiger partial charge in [0.05, 0.1) is 11.1 Å². The van der Waals surface area contributed by atoms with Crippen LogP contribution in [0.2, 0.25) is 0 Å². The van der Waals surface area contributed by atoms with Crippen molar-refractivity contribution in [2.24, 2.45) is 0 Å². The molecule has 0 unspecified atom stereocenters. The number of hydrogen-bond donors (Lipinski definition) is 1. The molecule has 0 spiro atoms. The average molecular weight is 326 g/mol. The highest BCUT2D eigenvalue weighted by Gasteiger charge is 2.26. The van der Waals surface area contributed by atoms with Gasteiger partial charge in [0.1, 0.15) is 4.83 Å². The summed E-state index contributed by atoms with van der Waals surface area (Å²) in [6.45, 7) is 6.04. The normalized spacial score (nSPS) is 12.0. The number of rotatable bonds is 6. The maximum atomic E-state index is 12.7. The van der Waals surface area contributed by atoms with Gasteiger partial charge in [-0.3, -0.25) is 14.2 Å². The first-order chi connectivity index (χ1) is 9.86. The molecule has 0 radical (unpaired) electrons. The van der Waals surface area contributed by atoms with Crippen LogP contribution in [0.15, 0.2) is 21.4 Å². The minimum absolute atomic E-state index is 0.0902. The van der Waals surface area contributed by atoms with Crippen molar-refractivity contribution in [3.8, 4) is 0 Å². The average Bonchev–Trinajstić information content (AvgIpc) is 2.84. The number of aromatic nitrogens is 2. The number of thiophene rings is 1. The molecule has 0 saturated carbocycles. The lowest BCUT2D eigenvalue weighted by Gasteiger charge is -2.29. The molecule has 0 aromatic carbocycles. The zero-order valence-electron chi connectivity index (χ0n) is 12.3. The maximum absolute atomic E-state index is 12.7. The van der Waals surface area contributed by atoms with Crippen LogP contribution in [0.4, 0.5) is 0 Å². The standard InChI is InChI=1S/C14H18N2O3S2/c1-4-6-14(2,3)16-12(19)9-5-7-20-11(9)15-13(16)21-8-10(17)18/h5,7H,4,6,8H2,1-3H3,(H,17,18). The van der Waals surface area contributed by atoms with Crippen molar-refractivity contribution >= 4 is 39.3 Å². The van der Waals surface area contributed by atoms with Gasteiger partial charge in [-0.2, -0.15) is 0 Å². The molecule has 0 bridgehead atoms. The molecule has 21 heavy (non-hydrogen) atoms. The second-order valence-electron chi connectivity index (χ2n) is 5.42. The van der Waals surface area contributed by atoms with Gasteiger partial charge in [0.2, 0.25) is 0 Å². The lowest BCUT2D eigenvalue weighted by Crippen LogP contribution is -2.38. The summed E-state index contributed by atoms with van der Waals surface area (Å²) in [4.78, 5) is 28.7. The van der Waals surface area contributed by atoms with Gasteiger partial charge < -0.3 is 5.11 Å². The van der Waals surface area contributed by atoms with Crippen molar-refractivity contribution in [3.63, 3.8) is 0 Å². The Balaban J connectivity index is 2.62. The molecule has 2 rings (SSSR count). The van der Waals surface area contributed by atoms with Gasteiger partial charge in [0.25, 0.3) is 5.56 Å². The smallest absolute Gasteiger partial charge is 0.313 e. The van der Waals surface area contributed by atoms with Crippen molar-refractivity contribution < 1.29 is 9.90 Å². The Labute approximate surface area is 131 Å². The molecule has 7 heteroatoms. The van der Waals surface area contributed by atoms with E-state index in [4.69, 9.17) is 5.11 Å². The molecule has 2 aromatic rings. The van der Waals surface area contributed by atoms with E-state index in [9.17, 15) is 9.59 Å². The predicted molar refractivity (Wildman–Crippen MR) is 86.5 cm³/mol. The number of carboxylic acid groups (broad SMARTS) is 1. The van der Waals surface area contributed by atoms with Crippen LogP contribution >= 0.6 is 23.1 Å². The molecule has 0 atom stereocenters. The van der Waals surface area contributed by atoms with Crippen LogP contribution in [0.3, 0.4) is 0 Å². The zero-order chi connectivity index (χ0) is 15.6. The van der Waals surface area contributed by atoms with Gasteiger partial charge in [0.15, 0.2) is 5.16 Å². The first-order valence-corrected chi connectivity index (χ1v) is 8.58. The fraction of sp³-hybridized carbons (Fsp3) is 0.500. The largest absolute Gasteiger partial charge is 0.481 e. The molecular formula is C14H18N2O3S2. The highest BCUT2D eigenvalue weighted by Crippen LogP contribution is 2.28. The molecule has 0 fully saturated rings. The summed E-state index contributed by atoms with van der Waals surface area (Å²) < 4.78 is 1.65. The third-order valence-electron chi connectivity index (χ3n) is 3.26.